The van der Waals surface area contributed by atoms with E-state index in [1.807, 2.05) is 25.1 Å². The highest BCUT2D eigenvalue weighted by molar-refractivity contribution is 6.31. The highest BCUT2D eigenvalue weighted by Gasteiger charge is 2.19. The summed E-state index contributed by atoms with van der Waals surface area (Å²) in [5, 5.41) is 9.66. The average Bonchev–Trinajstić information content (AvgIpc) is 2.72. The number of anilines is 2. The maximum absolute atomic E-state index is 6.34. The molecule has 0 bridgehead atoms. The van der Waals surface area contributed by atoms with E-state index in [1.54, 1.807) is 0 Å². The van der Waals surface area contributed by atoms with Gasteiger partial charge in [0, 0.05) is 43.3 Å². The van der Waals surface area contributed by atoms with Crippen LogP contribution in [0.15, 0.2) is 60.7 Å². The number of hydrogen-bond donors (Lipinski definition) is 0. The third-order valence-electron chi connectivity index (χ3n) is 5.13. The number of rotatable bonds is 4. The second kappa shape index (κ2) is 7.97. The van der Waals surface area contributed by atoms with Gasteiger partial charge >= 0.3 is 0 Å². The van der Waals surface area contributed by atoms with Gasteiger partial charge in [-0.3, -0.25) is 0 Å². The Morgan fingerprint density at radius 1 is 0.815 bits per heavy atom. The van der Waals surface area contributed by atoms with Gasteiger partial charge in [0.2, 0.25) is 0 Å². The van der Waals surface area contributed by atoms with Crippen molar-refractivity contribution >= 4 is 23.1 Å². The Morgan fingerprint density at radius 2 is 1.48 bits per heavy atom. The van der Waals surface area contributed by atoms with Crippen molar-refractivity contribution in [2.45, 2.75) is 13.3 Å². The standard InChI is InChI=1S/C22H23ClN4/c1-17-19(15-18-7-5-6-10-21(18)23)16-22(25-24-17)27-13-11-26(12-14-27)20-8-3-2-4-9-20/h2-10,16H,11-15H2,1H3. The second-order valence-electron chi connectivity index (χ2n) is 6.89. The van der Waals surface area contributed by atoms with Crippen LogP contribution in [0.3, 0.4) is 0 Å². The quantitative estimate of drug-likeness (QED) is 0.675. The van der Waals surface area contributed by atoms with Crippen LogP contribution in [0.1, 0.15) is 16.8 Å². The number of piperazine rings is 1. The summed E-state index contributed by atoms with van der Waals surface area (Å²) >= 11 is 6.34. The Kier molecular flexibility index (Phi) is 5.26. The fourth-order valence-corrected chi connectivity index (χ4v) is 3.70. The van der Waals surface area contributed by atoms with E-state index in [2.05, 4.69) is 62.5 Å². The van der Waals surface area contributed by atoms with Gasteiger partial charge in [0.15, 0.2) is 5.82 Å². The minimum atomic E-state index is 0.776. The van der Waals surface area contributed by atoms with E-state index >= 15 is 0 Å². The number of halogens is 1. The third-order valence-corrected chi connectivity index (χ3v) is 5.50. The first kappa shape index (κ1) is 17.8. The lowest BCUT2D eigenvalue weighted by atomic mass is 10.0. The molecule has 0 aliphatic carbocycles. The van der Waals surface area contributed by atoms with Crippen molar-refractivity contribution in [2.24, 2.45) is 0 Å². The molecule has 1 aromatic heterocycles. The molecule has 1 aliphatic heterocycles. The van der Waals surface area contributed by atoms with E-state index in [0.717, 1.165) is 54.7 Å². The summed E-state index contributed by atoms with van der Waals surface area (Å²) in [5.74, 6) is 0.954. The molecule has 0 atom stereocenters. The molecule has 2 aromatic carbocycles. The van der Waals surface area contributed by atoms with Crippen LogP contribution in [0.5, 0.6) is 0 Å². The summed E-state index contributed by atoms with van der Waals surface area (Å²) < 4.78 is 0. The van der Waals surface area contributed by atoms with Crippen LogP contribution < -0.4 is 9.80 Å². The molecular weight excluding hydrogens is 356 g/mol. The van der Waals surface area contributed by atoms with E-state index in [0.29, 0.717) is 0 Å². The normalized spacial score (nSPS) is 14.4. The van der Waals surface area contributed by atoms with Crippen LogP contribution in [0.25, 0.3) is 0 Å². The van der Waals surface area contributed by atoms with Gasteiger partial charge < -0.3 is 9.80 Å². The van der Waals surface area contributed by atoms with Crippen LogP contribution in [0, 0.1) is 6.92 Å². The summed E-state index contributed by atoms with van der Waals surface area (Å²) in [6.45, 7) is 5.87. The summed E-state index contributed by atoms with van der Waals surface area (Å²) in [6, 6.07) is 20.7. The number of hydrogen-bond acceptors (Lipinski definition) is 4. The van der Waals surface area contributed by atoms with E-state index in [9.17, 15) is 0 Å². The third kappa shape index (κ3) is 4.06. The van der Waals surface area contributed by atoms with Crippen molar-refractivity contribution in [1.29, 1.82) is 0 Å². The van der Waals surface area contributed by atoms with E-state index in [-0.39, 0.29) is 0 Å². The predicted octanol–water partition coefficient (Wildman–Crippen LogP) is 4.36. The van der Waals surface area contributed by atoms with Gasteiger partial charge in [0.25, 0.3) is 0 Å². The van der Waals surface area contributed by atoms with Gasteiger partial charge in [-0.15, -0.1) is 5.10 Å². The van der Waals surface area contributed by atoms with Crippen LogP contribution in [0.2, 0.25) is 5.02 Å². The number of aromatic nitrogens is 2. The van der Waals surface area contributed by atoms with Crippen LogP contribution in [-0.2, 0) is 6.42 Å². The largest absolute Gasteiger partial charge is 0.368 e. The van der Waals surface area contributed by atoms with Crippen molar-refractivity contribution < 1.29 is 0 Å². The fourth-order valence-electron chi connectivity index (χ4n) is 3.49. The molecule has 0 amide bonds. The lowest BCUT2D eigenvalue weighted by molar-refractivity contribution is 0.642. The number of nitrogens with zero attached hydrogens (tertiary/aromatic N) is 4. The molecule has 0 saturated carbocycles. The molecular formula is C22H23ClN4. The molecule has 5 heteroatoms. The molecule has 4 nitrogen and oxygen atoms in total. The average molecular weight is 379 g/mol. The molecule has 1 saturated heterocycles. The molecule has 0 radical (unpaired) electrons. The number of para-hydroxylation sites is 1. The topological polar surface area (TPSA) is 32.3 Å². The molecule has 0 spiro atoms. The van der Waals surface area contributed by atoms with Crippen molar-refractivity contribution in [2.75, 3.05) is 36.0 Å². The van der Waals surface area contributed by atoms with E-state index in [4.69, 9.17) is 11.6 Å². The summed E-state index contributed by atoms with van der Waals surface area (Å²) in [7, 11) is 0. The van der Waals surface area contributed by atoms with Crippen molar-refractivity contribution in [3.8, 4) is 0 Å². The summed E-state index contributed by atoms with van der Waals surface area (Å²) in [4.78, 5) is 4.74. The Hall–Kier alpha value is -2.59. The van der Waals surface area contributed by atoms with Crippen molar-refractivity contribution in [3.05, 3.63) is 82.5 Å². The Labute approximate surface area is 165 Å². The predicted molar refractivity (Wildman–Crippen MR) is 112 cm³/mol. The lowest BCUT2D eigenvalue weighted by Gasteiger charge is -2.36. The van der Waals surface area contributed by atoms with E-state index < -0.39 is 0 Å². The van der Waals surface area contributed by atoms with Gasteiger partial charge in [-0.25, -0.2) is 0 Å². The molecule has 0 unspecified atom stereocenters. The first-order chi connectivity index (χ1) is 13.2. The summed E-state index contributed by atoms with van der Waals surface area (Å²) in [6.07, 6.45) is 0.776. The van der Waals surface area contributed by atoms with Gasteiger partial charge in [-0.2, -0.15) is 5.10 Å². The minimum Gasteiger partial charge on any atom is -0.368 e. The van der Waals surface area contributed by atoms with Crippen molar-refractivity contribution in [3.63, 3.8) is 0 Å². The van der Waals surface area contributed by atoms with Gasteiger partial charge in [-0.05, 0) is 42.3 Å². The van der Waals surface area contributed by atoms with Crippen LogP contribution >= 0.6 is 11.6 Å². The molecule has 1 fully saturated rings. The number of benzene rings is 2. The Bertz CT molecular complexity index is 905. The van der Waals surface area contributed by atoms with E-state index in [1.165, 1.54) is 11.3 Å². The van der Waals surface area contributed by atoms with Gasteiger partial charge in [0.1, 0.15) is 0 Å². The second-order valence-corrected chi connectivity index (χ2v) is 7.30. The number of aryl methyl sites for hydroxylation is 1. The Morgan fingerprint density at radius 3 is 2.22 bits per heavy atom. The molecule has 27 heavy (non-hydrogen) atoms. The zero-order chi connectivity index (χ0) is 18.6. The lowest BCUT2D eigenvalue weighted by Crippen LogP contribution is -2.47. The van der Waals surface area contributed by atoms with Gasteiger partial charge in [0.05, 0.1) is 5.69 Å². The maximum Gasteiger partial charge on any atom is 0.151 e. The monoisotopic (exact) mass is 378 g/mol. The first-order valence-electron chi connectivity index (χ1n) is 9.32. The molecule has 1 aliphatic rings. The maximum atomic E-state index is 6.34. The zero-order valence-corrected chi connectivity index (χ0v) is 16.2. The first-order valence-corrected chi connectivity index (χ1v) is 9.70. The molecule has 3 aromatic rings. The van der Waals surface area contributed by atoms with Gasteiger partial charge in [-0.1, -0.05) is 48.0 Å². The molecule has 2 heterocycles. The SMILES string of the molecule is Cc1nnc(N2CCN(c3ccccc3)CC2)cc1Cc1ccccc1Cl. The molecule has 138 valence electrons. The van der Waals surface area contributed by atoms with Crippen molar-refractivity contribution in [1.82, 2.24) is 10.2 Å². The molecule has 4 rings (SSSR count). The highest BCUT2D eigenvalue weighted by atomic mass is 35.5. The smallest absolute Gasteiger partial charge is 0.151 e. The molecule has 0 N–H and O–H groups in total. The van der Waals surface area contributed by atoms with Crippen LogP contribution in [0.4, 0.5) is 11.5 Å². The zero-order valence-electron chi connectivity index (χ0n) is 15.5. The fraction of sp³-hybridized carbons (Fsp3) is 0.273. The highest BCUT2D eigenvalue weighted by Crippen LogP contribution is 2.23. The van der Waals surface area contributed by atoms with Crippen LogP contribution in [-0.4, -0.2) is 36.4 Å². The Balaban J connectivity index is 1.48. The summed E-state index contributed by atoms with van der Waals surface area (Å²) in [5.41, 5.74) is 4.54. The minimum absolute atomic E-state index is 0.776.